The van der Waals surface area contributed by atoms with Crippen LogP contribution < -0.4 is 5.32 Å². The Kier molecular flexibility index (Phi) is 3.68. The minimum atomic E-state index is 0.142. The van der Waals surface area contributed by atoms with Gasteiger partial charge in [-0.1, -0.05) is 12.8 Å². The second-order valence-corrected chi connectivity index (χ2v) is 6.06. The van der Waals surface area contributed by atoms with Gasteiger partial charge in [0.25, 0.3) is 0 Å². The van der Waals surface area contributed by atoms with E-state index in [1.165, 1.54) is 25.7 Å². The highest BCUT2D eigenvalue weighted by Crippen LogP contribution is 2.35. The summed E-state index contributed by atoms with van der Waals surface area (Å²) in [7, 11) is 0. The third-order valence-corrected chi connectivity index (χ3v) is 4.37. The monoisotopic (exact) mass is 280 g/mol. The van der Waals surface area contributed by atoms with Crippen LogP contribution in [-0.4, -0.2) is 20.7 Å². The van der Waals surface area contributed by atoms with Gasteiger partial charge in [-0.05, 0) is 43.8 Å². The second kappa shape index (κ2) is 5.45. The predicted octanol–water partition coefficient (Wildman–Crippen LogP) is 2.47. The van der Waals surface area contributed by atoms with E-state index in [2.05, 4.69) is 15.5 Å². The summed E-state index contributed by atoms with van der Waals surface area (Å²) in [5, 5.41) is 10.0. The highest BCUT2D eigenvalue weighted by molar-refractivity contribution is 7.71. The maximum atomic E-state index is 11.9. The molecule has 1 aromatic rings. The molecular weight excluding hydrogens is 260 g/mol. The Hall–Kier alpha value is -1.17. The van der Waals surface area contributed by atoms with Crippen LogP contribution in [0.4, 0.5) is 0 Å². The van der Waals surface area contributed by atoms with Crippen LogP contribution in [0.25, 0.3) is 0 Å². The lowest BCUT2D eigenvalue weighted by molar-refractivity contribution is -0.122. The SMILES string of the molecule is O=C(CC1CCCC1)NCc1n[nH]c(=S)n1C1CC1. The maximum Gasteiger partial charge on any atom is 0.220 e. The normalized spacial score (nSPS) is 19.8. The molecule has 5 nitrogen and oxygen atoms in total. The Balaban J connectivity index is 1.54. The number of H-pyrrole nitrogens is 1. The summed E-state index contributed by atoms with van der Waals surface area (Å²) < 4.78 is 2.72. The lowest BCUT2D eigenvalue weighted by Gasteiger charge is -2.10. The summed E-state index contributed by atoms with van der Waals surface area (Å²) in [5.74, 6) is 1.58. The van der Waals surface area contributed by atoms with Crippen molar-refractivity contribution in [1.82, 2.24) is 20.1 Å². The number of aromatic nitrogens is 3. The summed E-state index contributed by atoms with van der Waals surface area (Å²) in [4.78, 5) is 11.9. The summed E-state index contributed by atoms with van der Waals surface area (Å²) in [6.07, 6.45) is 7.95. The number of carbonyl (C=O) groups is 1. The Morgan fingerprint density at radius 1 is 1.37 bits per heavy atom. The fourth-order valence-corrected chi connectivity index (χ4v) is 3.20. The molecule has 1 heterocycles. The molecule has 3 rings (SSSR count). The average Bonchev–Trinajstić information content (AvgIpc) is 2.96. The lowest BCUT2D eigenvalue weighted by Crippen LogP contribution is -2.26. The van der Waals surface area contributed by atoms with E-state index in [0.29, 0.717) is 29.7 Å². The zero-order valence-corrected chi connectivity index (χ0v) is 11.8. The van der Waals surface area contributed by atoms with Crippen molar-refractivity contribution in [3.8, 4) is 0 Å². The van der Waals surface area contributed by atoms with Crippen molar-refractivity contribution in [2.75, 3.05) is 0 Å². The summed E-state index contributed by atoms with van der Waals surface area (Å²) in [5.41, 5.74) is 0. The molecule has 2 aliphatic rings. The molecule has 0 bridgehead atoms. The van der Waals surface area contributed by atoms with E-state index in [9.17, 15) is 4.79 Å². The third kappa shape index (κ3) is 3.05. The van der Waals surface area contributed by atoms with Crippen molar-refractivity contribution in [2.24, 2.45) is 5.92 Å². The van der Waals surface area contributed by atoms with Crippen LogP contribution in [-0.2, 0) is 11.3 Å². The van der Waals surface area contributed by atoms with Crippen LogP contribution in [0, 0.1) is 10.7 Å². The molecule has 0 aliphatic heterocycles. The van der Waals surface area contributed by atoms with Gasteiger partial charge in [0.1, 0.15) is 0 Å². The molecular formula is C13H20N4OS. The molecule has 0 spiro atoms. The van der Waals surface area contributed by atoms with Gasteiger partial charge in [-0.2, -0.15) is 5.10 Å². The van der Waals surface area contributed by atoms with Crippen molar-refractivity contribution in [3.05, 3.63) is 10.6 Å². The van der Waals surface area contributed by atoms with Gasteiger partial charge in [0, 0.05) is 12.5 Å². The van der Waals surface area contributed by atoms with E-state index >= 15 is 0 Å². The number of aromatic amines is 1. The molecule has 0 saturated heterocycles. The first-order chi connectivity index (χ1) is 9.24. The van der Waals surface area contributed by atoms with E-state index in [1.54, 1.807) is 0 Å². The standard InChI is InChI=1S/C13H20N4OS/c18-12(7-9-3-1-2-4-9)14-8-11-15-16-13(19)17(11)10-5-6-10/h9-10H,1-8H2,(H,14,18)(H,16,19). The first kappa shape index (κ1) is 12.8. The highest BCUT2D eigenvalue weighted by Gasteiger charge is 2.27. The summed E-state index contributed by atoms with van der Waals surface area (Å²) in [6, 6.07) is 0.494. The first-order valence-corrected chi connectivity index (χ1v) is 7.57. The van der Waals surface area contributed by atoms with E-state index in [-0.39, 0.29) is 5.91 Å². The zero-order valence-electron chi connectivity index (χ0n) is 11.0. The predicted molar refractivity (Wildman–Crippen MR) is 74.1 cm³/mol. The first-order valence-electron chi connectivity index (χ1n) is 7.16. The van der Waals surface area contributed by atoms with Gasteiger partial charge in [-0.3, -0.25) is 14.5 Å². The van der Waals surface area contributed by atoms with Crippen molar-refractivity contribution < 1.29 is 4.79 Å². The van der Waals surface area contributed by atoms with Crippen molar-refractivity contribution in [2.45, 2.75) is 57.5 Å². The number of amides is 1. The molecule has 2 N–H and O–H groups in total. The fraction of sp³-hybridized carbons (Fsp3) is 0.769. The number of rotatable bonds is 5. The van der Waals surface area contributed by atoms with E-state index in [1.807, 2.05) is 4.57 Å². The van der Waals surface area contributed by atoms with Gasteiger partial charge in [0.2, 0.25) is 5.91 Å². The minimum Gasteiger partial charge on any atom is -0.349 e. The van der Waals surface area contributed by atoms with Crippen LogP contribution in [0.1, 0.15) is 56.8 Å². The summed E-state index contributed by atoms with van der Waals surface area (Å²) >= 11 is 5.22. The van der Waals surface area contributed by atoms with Crippen LogP contribution in [0.3, 0.4) is 0 Å². The molecule has 0 aromatic carbocycles. The molecule has 19 heavy (non-hydrogen) atoms. The maximum absolute atomic E-state index is 11.9. The second-order valence-electron chi connectivity index (χ2n) is 5.68. The quantitative estimate of drug-likeness (QED) is 0.814. The number of nitrogens with zero attached hydrogens (tertiary/aromatic N) is 2. The van der Waals surface area contributed by atoms with E-state index in [0.717, 1.165) is 18.7 Å². The minimum absolute atomic E-state index is 0.142. The molecule has 2 saturated carbocycles. The molecule has 0 radical (unpaired) electrons. The number of hydrogen-bond acceptors (Lipinski definition) is 3. The van der Waals surface area contributed by atoms with Crippen LogP contribution in [0.5, 0.6) is 0 Å². The molecule has 2 fully saturated rings. The summed E-state index contributed by atoms with van der Waals surface area (Å²) in [6.45, 7) is 0.481. The van der Waals surface area contributed by atoms with E-state index < -0.39 is 0 Å². The third-order valence-electron chi connectivity index (χ3n) is 4.08. The van der Waals surface area contributed by atoms with Gasteiger partial charge < -0.3 is 5.32 Å². The van der Waals surface area contributed by atoms with Crippen LogP contribution in [0.15, 0.2) is 0 Å². The fourth-order valence-electron chi connectivity index (χ4n) is 2.90. The number of carbonyl (C=O) groups excluding carboxylic acids is 1. The Bertz CT molecular complexity index is 511. The van der Waals surface area contributed by atoms with Gasteiger partial charge in [0.15, 0.2) is 10.6 Å². The largest absolute Gasteiger partial charge is 0.349 e. The number of nitrogens with one attached hydrogen (secondary N) is 2. The molecule has 104 valence electrons. The smallest absolute Gasteiger partial charge is 0.220 e. The Morgan fingerprint density at radius 3 is 2.79 bits per heavy atom. The van der Waals surface area contributed by atoms with Crippen molar-refractivity contribution >= 4 is 18.1 Å². The van der Waals surface area contributed by atoms with Crippen molar-refractivity contribution in [3.63, 3.8) is 0 Å². The Labute approximate surface area is 117 Å². The number of hydrogen-bond donors (Lipinski definition) is 2. The molecule has 2 aliphatic carbocycles. The molecule has 1 aromatic heterocycles. The Morgan fingerprint density at radius 2 is 2.11 bits per heavy atom. The van der Waals surface area contributed by atoms with Crippen LogP contribution in [0.2, 0.25) is 0 Å². The van der Waals surface area contributed by atoms with Gasteiger partial charge >= 0.3 is 0 Å². The molecule has 0 atom stereocenters. The van der Waals surface area contributed by atoms with Crippen LogP contribution >= 0.6 is 12.2 Å². The average molecular weight is 280 g/mol. The van der Waals surface area contributed by atoms with E-state index in [4.69, 9.17) is 12.2 Å². The van der Waals surface area contributed by atoms with Gasteiger partial charge in [-0.15, -0.1) is 0 Å². The molecule has 0 unspecified atom stereocenters. The lowest BCUT2D eigenvalue weighted by atomic mass is 10.0. The molecule has 1 amide bonds. The highest BCUT2D eigenvalue weighted by atomic mass is 32.1. The van der Waals surface area contributed by atoms with Gasteiger partial charge in [-0.25, -0.2) is 0 Å². The van der Waals surface area contributed by atoms with Gasteiger partial charge in [0.05, 0.1) is 6.54 Å². The topological polar surface area (TPSA) is 62.7 Å². The van der Waals surface area contributed by atoms with Crippen molar-refractivity contribution in [1.29, 1.82) is 0 Å². The zero-order chi connectivity index (χ0) is 13.2. The molecule has 6 heteroatoms.